The van der Waals surface area contributed by atoms with Gasteiger partial charge in [-0.25, -0.2) is 4.98 Å². The lowest BCUT2D eigenvalue weighted by atomic mass is 10.4. The van der Waals surface area contributed by atoms with Crippen molar-refractivity contribution < 1.29 is 4.79 Å². The van der Waals surface area contributed by atoms with Crippen LogP contribution in [-0.2, 0) is 10.5 Å². The van der Waals surface area contributed by atoms with Crippen molar-refractivity contribution in [3.05, 3.63) is 28.6 Å². The third kappa shape index (κ3) is 3.34. The molecule has 0 fully saturated rings. The van der Waals surface area contributed by atoms with E-state index in [0.717, 1.165) is 16.5 Å². The zero-order valence-electron chi connectivity index (χ0n) is 10.2. The fourth-order valence-corrected chi connectivity index (χ4v) is 3.95. The molecule has 0 saturated heterocycles. The van der Waals surface area contributed by atoms with Gasteiger partial charge in [-0.15, -0.1) is 34.4 Å². The molecule has 18 heavy (non-hydrogen) atoms. The average molecular weight is 298 g/mol. The smallest absolute Gasteiger partial charge is 0.232 e. The first-order valence-electron chi connectivity index (χ1n) is 5.52. The van der Waals surface area contributed by atoms with E-state index < -0.39 is 0 Å². The Kier molecular flexibility index (Phi) is 4.79. The highest BCUT2D eigenvalue weighted by Gasteiger charge is 2.12. The molecule has 1 N–H and O–H groups in total. The van der Waals surface area contributed by atoms with Crippen LogP contribution in [0.5, 0.6) is 0 Å². The molecule has 0 saturated carbocycles. The molecule has 0 aliphatic heterocycles. The molecule has 2 aromatic rings. The highest BCUT2D eigenvalue weighted by Crippen LogP contribution is 2.29. The summed E-state index contributed by atoms with van der Waals surface area (Å²) in [4.78, 5) is 17.2. The molecule has 2 heterocycles. The Labute approximate surface area is 119 Å². The summed E-state index contributed by atoms with van der Waals surface area (Å²) in [6.45, 7) is 1.91. The molecule has 0 unspecified atom stereocenters. The average Bonchev–Trinajstić information content (AvgIpc) is 3.04. The van der Waals surface area contributed by atoms with Gasteiger partial charge in [0.15, 0.2) is 0 Å². The van der Waals surface area contributed by atoms with Crippen molar-refractivity contribution in [3.8, 4) is 9.88 Å². The number of aromatic nitrogens is 1. The minimum absolute atomic E-state index is 0.0399. The maximum absolute atomic E-state index is 11.4. The van der Waals surface area contributed by atoms with Crippen LogP contribution >= 0.6 is 34.4 Å². The van der Waals surface area contributed by atoms with E-state index in [1.807, 2.05) is 13.0 Å². The first kappa shape index (κ1) is 13.6. The van der Waals surface area contributed by atoms with Crippen LogP contribution in [0.4, 0.5) is 0 Å². The molecule has 2 rings (SSSR count). The lowest BCUT2D eigenvalue weighted by Gasteiger charge is -2.07. The first-order chi connectivity index (χ1) is 8.70. The Balaban J connectivity index is 1.93. The van der Waals surface area contributed by atoms with E-state index >= 15 is 0 Å². The summed E-state index contributed by atoms with van der Waals surface area (Å²) in [5, 5.41) is 7.80. The van der Waals surface area contributed by atoms with E-state index in [1.165, 1.54) is 4.88 Å². The summed E-state index contributed by atoms with van der Waals surface area (Å²) in [5.41, 5.74) is 1.05. The maximum Gasteiger partial charge on any atom is 0.232 e. The van der Waals surface area contributed by atoms with Crippen molar-refractivity contribution in [1.82, 2.24) is 10.3 Å². The molecule has 3 nitrogen and oxygen atoms in total. The quantitative estimate of drug-likeness (QED) is 0.921. The van der Waals surface area contributed by atoms with Crippen molar-refractivity contribution in [2.24, 2.45) is 0 Å². The Bertz CT molecular complexity index is 507. The molecule has 1 amide bonds. The van der Waals surface area contributed by atoms with Crippen molar-refractivity contribution in [3.63, 3.8) is 0 Å². The highest BCUT2D eigenvalue weighted by molar-refractivity contribution is 7.99. The number of carbonyl (C=O) groups excluding carboxylic acids is 1. The molecule has 0 radical (unpaired) electrons. The van der Waals surface area contributed by atoms with Crippen LogP contribution < -0.4 is 5.32 Å². The van der Waals surface area contributed by atoms with E-state index in [0.29, 0.717) is 0 Å². The number of thiophene rings is 1. The molecule has 1 atom stereocenters. The second-order valence-electron chi connectivity index (χ2n) is 3.69. The molecule has 96 valence electrons. The van der Waals surface area contributed by atoms with Crippen LogP contribution in [0.2, 0.25) is 0 Å². The van der Waals surface area contributed by atoms with Gasteiger partial charge in [-0.3, -0.25) is 4.79 Å². The Morgan fingerprint density at radius 3 is 3.06 bits per heavy atom. The number of carbonyl (C=O) groups is 1. The van der Waals surface area contributed by atoms with Gasteiger partial charge in [0.2, 0.25) is 5.91 Å². The molecule has 0 bridgehead atoms. The third-order valence-corrected chi connectivity index (χ3v) is 5.49. The Morgan fingerprint density at radius 2 is 2.39 bits per heavy atom. The number of rotatable bonds is 5. The van der Waals surface area contributed by atoms with Crippen molar-refractivity contribution in [2.45, 2.75) is 17.9 Å². The van der Waals surface area contributed by atoms with Crippen LogP contribution in [0.3, 0.4) is 0 Å². The lowest BCUT2D eigenvalue weighted by molar-refractivity contribution is -0.119. The fraction of sp³-hybridized carbons (Fsp3) is 0.333. The van der Waals surface area contributed by atoms with E-state index in [-0.39, 0.29) is 11.2 Å². The van der Waals surface area contributed by atoms with E-state index in [2.05, 4.69) is 27.1 Å². The van der Waals surface area contributed by atoms with Crippen molar-refractivity contribution >= 4 is 40.3 Å². The summed E-state index contributed by atoms with van der Waals surface area (Å²) >= 11 is 4.97. The SMILES string of the molecule is CNC(=O)[C@H](C)SCc1csc(-c2cccs2)n1. The predicted molar refractivity (Wildman–Crippen MR) is 80.3 cm³/mol. The highest BCUT2D eigenvalue weighted by atomic mass is 32.2. The van der Waals surface area contributed by atoms with E-state index in [4.69, 9.17) is 0 Å². The third-order valence-electron chi connectivity index (χ3n) is 2.38. The molecular formula is C12H14N2OS3. The number of thioether (sulfide) groups is 1. The second kappa shape index (κ2) is 6.36. The van der Waals surface area contributed by atoms with Gasteiger partial charge < -0.3 is 5.32 Å². The molecule has 0 aromatic carbocycles. The lowest BCUT2D eigenvalue weighted by Crippen LogP contribution is -2.27. The summed E-state index contributed by atoms with van der Waals surface area (Å²) in [6.07, 6.45) is 0. The normalized spacial score (nSPS) is 12.3. The van der Waals surface area contributed by atoms with Gasteiger partial charge in [-0.05, 0) is 18.4 Å². The van der Waals surface area contributed by atoms with Crippen molar-refractivity contribution in [1.29, 1.82) is 0 Å². The summed E-state index contributed by atoms with van der Waals surface area (Å²) in [6, 6.07) is 4.11. The largest absolute Gasteiger partial charge is 0.358 e. The zero-order valence-corrected chi connectivity index (χ0v) is 12.6. The number of nitrogens with zero attached hydrogens (tertiary/aromatic N) is 1. The molecule has 0 aliphatic carbocycles. The molecule has 0 aliphatic rings. The van der Waals surface area contributed by atoms with Crippen LogP contribution in [0.25, 0.3) is 9.88 Å². The molecule has 2 aromatic heterocycles. The van der Waals surface area contributed by atoms with Crippen molar-refractivity contribution in [2.75, 3.05) is 7.05 Å². The van der Waals surface area contributed by atoms with Gasteiger partial charge in [0.05, 0.1) is 15.8 Å². The fourth-order valence-electron chi connectivity index (χ4n) is 1.38. The Morgan fingerprint density at radius 1 is 1.56 bits per heavy atom. The minimum Gasteiger partial charge on any atom is -0.358 e. The van der Waals surface area contributed by atoms with Gasteiger partial charge in [-0.2, -0.15) is 0 Å². The standard InChI is InChI=1S/C12H14N2OS3/c1-8(11(15)13-2)17-6-9-7-18-12(14-9)10-4-3-5-16-10/h3-5,7-8H,6H2,1-2H3,(H,13,15)/t8-/m0/s1. The molecular weight excluding hydrogens is 284 g/mol. The van der Waals surface area contributed by atoms with Gasteiger partial charge in [0.25, 0.3) is 0 Å². The van der Waals surface area contributed by atoms with Gasteiger partial charge in [0.1, 0.15) is 5.01 Å². The zero-order chi connectivity index (χ0) is 13.0. The maximum atomic E-state index is 11.4. The number of hydrogen-bond donors (Lipinski definition) is 1. The number of amides is 1. The van der Waals surface area contributed by atoms with E-state index in [1.54, 1.807) is 41.5 Å². The summed E-state index contributed by atoms with van der Waals surface area (Å²) in [7, 11) is 1.66. The molecule has 6 heteroatoms. The van der Waals surface area contributed by atoms with E-state index in [9.17, 15) is 4.79 Å². The predicted octanol–water partition coefficient (Wildman–Crippen LogP) is 3.24. The van der Waals surface area contributed by atoms with Gasteiger partial charge >= 0.3 is 0 Å². The Hall–Kier alpha value is -0.850. The second-order valence-corrected chi connectivity index (χ2v) is 6.82. The number of nitrogens with one attached hydrogen (secondary N) is 1. The number of hydrogen-bond acceptors (Lipinski definition) is 5. The van der Waals surface area contributed by atoms with Gasteiger partial charge in [0, 0.05) is 18.2 Å². The van der Waals surface area contributed by atoms with Crippen LogP contribution in [0, 0.1) is 0 Å². The van der Waals surface area contributed by atoms with Crippen LogP contribution in [-0.4, -0.2) is 23.2 Å². The first-order valence-corrected chi connectivity index (χ1v) is 8.33. The minimum atomic E-state index is -0.0399. The monoisotopic (exact) mass is 298 g/mol. The number of thiazole rings is 1. The summed E-state index contributed by atoms with van der Waals surface area (Å²) < 4.78 is 0. The summed E-state index contributed by atoms with van der Waals surface area (Å²) in [5.74, 6) is 0.838. The van der Waals surface area contributed by atoms with Crippen LogP contribution in [0.1, 0.15) is 12.6 Å². The van der Waals surface area contributed by atoms with Gasteiger partial charge in [-0.1, -0.05) is 6.07 Å². The topological polar surface area (TPSA) is 42.0 Å². The molecule has 0 spiro atoms. The van der Waals surface area contributed by atoms with Crippen LogP contribution in [0.15, 0.2) is 22.9 Å².